The zero-order valence-electron chi connectivity index (χ0n) is 9.78. The van der Waals surface area contributed by atoms with E-state index < -0.39 is 36.9 Å². The number of carbonyl (C=O) groups is 2. The van der Waals surface area contributed by atoms with Gasteiger partial charge in [-0.3, -0.25) is 4.79 Å². The lowest BCUT2D eigenvalue weighted by molar-refractivity contribution is -0.132. The highest BCUT2D eigenvalue weighted by Gasteiger charge is 2.32. The van der Waals surface area contributed by atoms with Crippen LogP contribution in [0.1, 0.15) is 13.8 Å². The van der Waals surface area contributed by atoms with Gasteiger partial charge in [0, 0.05) is 5.92 Å². The number of amides is 1. The summed E-state index contributed by atoms with van der Waals surface area (Å²) in [5, 5.41) is 38.8. The molecule has 0 aliphatic carbocycles. The Labute approximate surface area is 99.1 Å². The molecule has 0 saturated heterocycles. The molecule has 0 unspecified atom stereocenters. The van der Waals surface area contributed by atoms with E-state index >= 15 is 0 Å². The average Bonchev–Trinajstić information content (AvgIpc) is 2.32. The second kappa shape index (κ2) is 7.33. The molecule has 0 aromatic rings. The number of carbonyl (C=O) groups excluding carboxylic acids is 2. The molecule has 5 N–H and O–H groups in total. The van der Waals surface area contributed by atoms with Gasteiger partial charge in [0.05, 0.1) is 6.61 Å². The van der Waals surface area contributed by atoms with Crippen molar-refractivity contribution in [1.82, 2.24) is 5.32 Å². The van der Waals surface area contributed by atoms with Crippen LogP contribution < -0.4 is 5.32 Å². The number of nitrogens with one attached hydrogen (secondary N) is 1. The summed E-state index contributed by atoms with van der Waals surface area (Å²) in [5.74, 6) is -0.851. The molecule has 0 rings (SSSR count). The molecule has 0 aromatic carbocycles. The van der Waals surface area contributed by atoms with Crippen molar-refractivity contribution < 1.29 is 30.0 Å². The molecule has 17 heavy (non-hydrogen) atoms. The first-order chi connectivity index (χ1) is 7.84. The van der Waals surface area contributed by atoms with Gasteiger partial charge in [-0.2, -0.15) is 0 Å². The lowest BCUT2D eigenvalue weighted by Crippen LogP contribution is -2.54. The largest absolute Gasteiger partial charge is 0.394 e. The molecule has 0 fully saturated rings. The number of rotatable bonds is 7. The smallest absolute Gasteiger partial charge is 0.223 e. The number of aliphatic hydroxyl groups excluding tert-OH is 4. The van der Waals surface area contributed by atoms with Crippen LogP contribution in [-0.4, -0.2) is 63.6 Å². The van der Waals surface area contributed by atoms with Crippen molar-refractivity contribution in [2.24, 2.45) is 5.92 Å². The Balaban J connectivity index is 4.55. The van der Waals surface area contributed by atoms with Crippen LogP contribution in [0, 0.1) is 5.92 Å². The van der Waals surface area contributed by atoms with Crippen molar-refractivity contribution in [1.29, 1.82) is 0 Å². The zero-order chi connectivity index (χ0) is 13.6. The second-order valence-corrected chi connectivity index (χ2v) is 4.06. The van der Waals surface area contributed by atoms with Crippen LogP contribution >= 0.6 is 0 Å². The minimum absolute atomic E-state index is 0.262. The standard InChI is InChI=1S/C10H19NO6/c1-5(2)10(17)11-6(3-12)8(15)9(16)7(14)4-13/h3,5-9,13-16H,4H2,1-2H3,(H,11,17)/t6-,7-,8-,9-/m1/s1. The minimum Gasteiger partial charge on any atom is -0.394 e. The fourth-order valence-corrected chi connectivity index (χ4v) is 1.08. The topological polar surface area (TPSA) is 127 Å². The van der Waals surface area contributed by atoms with Gasteiger partial charge in [0.25, 0.3) is 0 Å². The van der Waals surface area contributed by atoms with Gasteiger partial charge < -0.3 is 30.5 Å². The molecule has 0 aromatic heterocycles. The number of hydrogen-bond donors (Lipinski definition) is 5. The van der Waals surface area contributed by atoms with Crippen molar-refractivity contribution in [2.75, 3.05) is 6.61 Å². The first-order valence-electron chi connectivity index (χ1n) is 5.25. The molecule has 1 amide bonds. The summed E-state index contributed by atoms with van der Waals surface area (Å²) in [6.45, 7) is 2.44. The monoisotopic (exact) mass is 249 g/mol. The molecular formula is C10H19NO6. The molecule has 7 nitrogen and oxygen atoms in total. The van der Waals surface area contributed by atoms with Gasteiger partial charge in [0.2, 0.25) is 5.91 Å². The van der Waals surface area contributed by atoms with E-state index in [0.29, 0.717) is 0 Å². The Morgan fingerprint density at radius 1 is 1.24 bits per heavy atom. The van der Waals surface area contributed by atoms with E-state index in [-0.39, 0.29) is 12.2 Å². The molecule has 7 heteroatoms. The van der Waals surface area contributed by atoms with E-state index in [9.17, 15) is 19.8 Å². The Bertz CT molecular complexity index is 257. The maximum absolute atomic E-state index is 11.3. The van der Waals surface area contributed by atoms with Crippen LogP contribution in [0.4, 0.5) is 0 Å². The molecule has 0 aliphatic rings. The van der Waals surface area contributed by atoms with Gasteiger partial charge in [0.15, 0.2) is 0 Å². The highest BCUT2D eigenvalue weighted by Crippen LogP contribution is 2.05. The van der Waals surface area contributed by atoms with Crippen LogP contribution in [0.2, 0.25) is 0 Å². The third-order valence-corrected chi connectivity index (χ3v) is 2.28. The highest BCUT2D eigenvalue weighted by atomic mass is 16.4. The van der Waals surface area contributed by atoms with Gasteiger partial charge in [0.1, 0.15) is 30.6 Å². The Kier molecular flexibility index (Phi) is 6.89. The summed E-state index contributed by atoms with van der Waals surface area (Å²) >= 11 is 0. The fourth-order valence-electron chi connectivity index (χ4n) is 1.08. The predicted octanol–water partition coefficient (Wildman–Crippen LogP) is -2.60. The Morgan fingerprint density at radius 3 is 2.12 bits per heavy atom. The zero-order valence-corrected chi connectivity index (χ0v) is 9.78. The van der Waals surface area contributed by atoms with Gasteiger partial charge in [-0.05, 0) is 0 Å². The molecule has 100 valence electrons. The van der Waals surface area contributed by atoms with Crippen LogP contribution in [0.25, 0.3) is 0 Å². The van der Waals surface area contributed by atoms with Crippen molar-refractivity contribution in [3.63, 3.8) is 0 Å². The first kappa shape index (κ1) is 16.0. The molecule has 4 atom stereocenters. The lowest BCUT2D eigenvalue weighted by Gasteiger charge is -2.26. The van der Waals surface area contributed by atoms with Crippen LogP contribution in [-0.2, 0) is 9.59 Å². The molecule has 0 aliphatic heterocycles. The van der Waals surface area contributed by atoms with Crippen molar-refractivity contribution in [3.8, 4) is 0 Å². The highest BCUT2D eigenvalue weighted by molar-refractivity contribution is 5.81. The van der Waals surface area contributed by atoms with Gasteiger partial charge in [-0.25, -0.2) is 0 Å². The van der Waals surface area contributed by atoms with Crippen molar-refractivity contribution >= 4 is 12.2 Å². The van der Waals surface area contributed by atoms with Crippen molar-refractivity contribution in [2.45, 2.75) is 38.2 Å². The maximum Gasteiger partial charge on any atom is 0.223 e. The maximum atomic E-state index is 11.3. The summed E-state index contributed by atoms with van der Waals surface area (Å²) in [4.78, 5) is 22.0. The fraction of sp³-hybridized carbons (Fsp3) is 0.800. The van der Waals surface area contributed by atoms with E-state index in [1.54, 1.807) is 13.8 Å². The number of aliphatic hydroxyl groups is 4. The molecule has 0 heterocycles. The number of hydrogen-bond acceptors (Lipinski definition) is 6. The summed E-state index contributed by atoms with van der Waals surface area (Å²) < 4.78 is 0. The van der Waals surface area contributed by atoms with Gasteiger partial charge >= 0.3 is 0 Å². The van der Waals surface area contributed by atoms with Crippen LogP contribution in [0.3, 0.4) is 0 Å². The Hall–Kier alpha value is -1.02. The summed E-state index contributed by atoms with van der Waals surface area (Å²) in [6.07, 6.45) is -4.72. The lowest BCUT2D eigenvalue weighted by atomic mass is 10.0. The molecule has 0 radical (unpaired) electrons. The summed E-state index contributed by atoms with van der Waals surface area (Å²) in [5.41, 5.74) is 0. The number of aldehydes is 1. The third kappa shape index (κ3) is 4.78. The third-order valence-electron chi connectivity index (χ3n) is 2.28. The second-order valence-electron chi connectivity index (χ2n) is 4.06. The minimum atomic E-state index is -1.72. The van der Waals surface area contributed by atoms with Crippen LogP contribution in [0.15, 0.2) is 0 Å². The van der Waals surface area contributed by atoms with E-state index in [0.717, 1.165) is 0 Å². The molecule has 0 bridgehead atoms. The van der Waals surface area contributed by atoms with E-state index in [2.05, 4.69) is 5.32 Å². The summed E-state index contributed by atoms with van der Waals surface area (Å²) in [7, 11) is 0. The van der Waals surface area contributed by atoms with E-state index in [4.69, 9.17) is 10.2 Å². The Morgan fingerprint density at radius 2 is 1.76 bits per heavy atom. The normalized spacial score (nSPS) is 18.3. The van der Waals surface area contributed by atoms with Crippen molar-refractivity contribution in [3.05, 3.63) is 0 Å². The van der Waals surface area contributed by atoms with Crippen LogP contribution in [0.5, 0.6) is 0 Å². The first-order valence-corrected chi connectivity index (χ1v) is 5.25. The van der Waals surface area contributed by atoms with Gasteiger partial charge in [-0.1, -0.05) is 13.8 Å². The molecular weight excluding hydrogens is 230 g/mol. The summed E-state index contributed by atoms with van der Waals surface area (Å²) in [6, 6.07) is -1.33. The van der Waals surface area contributed by atoms with E-state index in [1.807, 2.05) is 0 Å². The molecule has 0 spiro atoms. The predicted molar refractivity (Wildman–Crippen MR) is 57.9 cm³/mol. The average molecular weight is 249 g/mol. The van der Waals surface area contributed by atoms with E-state index in [1.165, 1.54) is 0 Å². The SMILES string of the molecule is CC(C)C(=O)N[C@H](C=O)[C@@H](O)[C@H](O)[C@H](O)CO. The molecule has 0 saturated carbocycles. The van der Waals surface area contributed by atoms with Gasteiger partial charge in [-0.15, -0.1) is 0 Å². The quantitative estimate of drug-likeness (QED) is 0.315.